The predicted molar refractivity (Wildman–Crippen MR) is 203 cm³/mol. The first-order valence-electron chi connectivity index (χ1n) is 19.4. The van der Waals surface area contributed by atoms with Crippen molar-refractivity contribution in [1.82, 2.24) is 24.8 Å². The van der Waals surface area contributed by atoms with Crippen LogP contribution in [0.15, 0.2) is 11.3 Å². The molecule has 54 heavy (non-hydrogen) atoms. The lowest BCUT2D eigenvalue weighted by Crippen LogP contribution is -2.50. The van der Waals surface area contributed by atoms with E-state index in [1.165, 1.54) is 25.7 Å². The molecule has 4 aliphatic rings. The summed E-state index contributed by atoms with van der Waals surface area (Å²) in [7, 11) is 0. The molecular weight excluding hydrogens is 700 g/mol. The summed E-state index contributed by atoms with van der Waals surface area (Å²) < 4.78 is 44.1. The standard InChI is InChI=1S/C18H33N5O4.C10H15NO.C8H18N4O3/c19-3-7-24-9-11-26-12-10-25-8-6-23-14-17(20-21-23)13-22-4-1-18(2-5-22)15-27-16-18;1-2-5-11-6-3-10(4-7-11)8-12-9-10;9-1-3-13-5-7-15-8-6-14-4-2-11-12-10/h14H,1-13,15-16,19H2;1H,3-9H2;1-9H2. The highest BCUT2D eigenvalue weighted by molar-refractivity contribution is 4.96. The van der Waals surface area contributed by atoms with Crippen LogP contribution in [0, 0.1) is 23.2 Å². The van der Waals surface area contributed by atoms with E-state index in [0.29, 0.717) is 116 Å². The van der Waals surface area contributed by atoms with Crippen LogP contribution in [0.1, 0.15) is 31.4 Å². The van der Waals surface area contributed by atoms with Gasteiger partial charge in [-0.3, -0.25) is 9.80 Å². The van der Waals surface area contributed by atoms with E-state index in [2.05, 4.69) is 36.1 Å². The molecule has 2 spiro atoms. The second-order valence-electron chi connectivity index (χ2n) is 13.9. The van der Waals surface area contributed by atoms with Crippen LogP contribution in [0.5, 0.6) is 0 Å². The fourth-order valence-electron chi connectivity index (χ4n) is 6.17. The molecule has 4 saturated heterocycles. The molecule has 4 N–H and O–H groups in total. The van der Waals surface area contributed by atoms with Gasteiger partial charge in [0.1, 0.15) is 0 Å². The zero-order valence-corrected chi connectivity index (χ0v) is 32.4. The third-order valence-electron chi connectivity index (χ3n) is 9.63. The fraction of sp³-hybridized carbons (Fsp3) is 0.889. The molecule has 5 rings (SSSR count). The summed E-state index contributed by atoms with van der Waals surface area (Å²) in [5, 5.41) is 11.8. The molecular formula is C36H66N10O8. The molecule has 0 radical (unpaired) electrons. The summed E-state index contributed by atoms with van der Waals surface area (Å²) in [6.07, 6.45) is 12.3. The minimum atomic E-state index is 0.357. The van der Waals surface area contributed by atoms with Crippen molar-refractivity contribution in [3.63, 3.8) is 0 Å². The zero-order valence-electron chi connectivity index (χ0n) is 32.4. The molecule has 0 saturated carbocycles. The van der Waals surface area contributed by atoms with Crippen LogP contribution in [0.4, 0.5) is 0 Å². The number of ether oxygens (including phenoxy) is 8. The molecule has 4 fully saturated rings. The summed E-state index contributed by atoms with van der Waals surface area (Å²) in [4.78, 5) is 7.41. The van der Waals surface area contributed by atoms with Gasteiger partial charge in [0.05, 0.1) is 124 Å². The van der Waals surface area contributed by atoms with Crippen molar-refractivity contribution in [3.8, 4) is 12.3 Å². The molecule has 1 aromatic heterocycles. The maximum absolute atomic E-state index is 7.97. The van der Waals surface area contributed by atoms with Crippen molar-refractivity contribution >= 4 is 0 Å². The van der Waals surface area contributed by atoms with Gasteiger partial charge in [0.15, 0.2) is 0 Å². The van der Waals surface area contributed by atoms with Gasteiger partial charge < -0.3 is 49.4 Å². The molecule has 0 aromatic carbocycles. The molecule has 0 bridgehead atoms. The lowest BCUT2D eigenvalue weighted by Gasteiger charge is -2.47. The molecule has 4 aliphatic heterocycles. The van der Waals surface area contributed by atoms with E-state index in [-0.39, 0.29) is 0 Å². The number of hydrogen-bond acceptors (Lipinski definition) is 15. The maximum atomic E-state index is 7.97. The predicted octanol–water partition coefficient (Wildman–Crippen LogP) is 0.936. The van der Waals surface area contributed by atoms with Gasteiger partial charge in [-0.2, -0.15) is 0 Å². The largest absolute Gasteiger partial charge is 0.380 e. The Morgan fingerprint density at radius 2 is 1.19 bits per heavy atom. The molecule has 0 unspecified atom stereocenters. The first-order chi connectivity index (χ1) is 26.6. The third kappa shape index (κ3) is 19.4. The van der Waals surface area contributed by atoms with Crippen molar-refractivity contribution in [1.29, 1.82) is 0 Å². The van der Waals surface area contributed by atoms with Crippen LogP contribution >= 0.6 is 0 Å². The SMILES string of the molecule is C#CCN1CCC2(CC1)COC2.NCCOCCOCCOCCn1cc(CN2CCC3(CC2)COC3)nn1.[N-]=[N+]=NCCOCCOCCOCCN. The number of aromatic nitrogens is 3. The third-order valence-corrected chi connectivity index (χ3v) is 9.63. The molecule has 1 aromatic rings. The van der Waals surface area contributed by atoms with Gasteiger partial charge in [0.2, 0.25) is 0 Å². The number of terminal acetylenes is 1. The van der Waals surface area contributed by atoms with Crippen molar-refractivity contribution < 1.29 is 37.9 Å². The minimum Gasteiger partial charge on any atom is -0.380 e. The highest BCUT2D eigenvalue weighted by atomic mass is 16.5. The summed E-state index contributed by atoms with van der Waals surface area (Å²) in [6.45, 7) is 18.8. The number of likely N-dealkylation sites (tertiary alicyclic amines) is 2. The number of nitrogens with two attached hydrogens (primary N) is 2. The lowest BCUT2D eigenvalue weighted by molar-refractivity contribution is -0.140. The molecule has 18 heteroatoms. The minimum absolute atomic E-state index is 0.357. The summed E-state index contributed by atoms with van der Waals surface area (Å²) in [5.41, 5.74) is 20.6. The van der Waals surface area contributed by atoms with Crippen LogP contribution in [-0.2, 0) is 51.0 Å². The number of piperidine rings is 2. The Morgan fingerprint density at radius 1 is 0.722 bits per heavy atom. The van der Waals surface area contributed by atoms with Crippen molar-refractivity contribution in [2.24, 2.45) is 27.4 Å². The number of hydrogen-bond donors (Lipinski definition) is 2. The molecule has 308 valence electrons. The van der Waals surface area contributed by atoms with Gasteiger partial charge in [0, 0.05) is 48.1 Å². The smallest absolute Gasteiger partial charge is 0.0967 e. The summed E-state index contributed by atoms with van der Waals surface area (Å²) >= 11 is 0. The number of rotatable bonds is 25. The van der Waals surface area contributed by atoms with Gasteiger partial charge in [-0.25, -0.2) is 4.68 Å². The average Bonchev–Trinajstić information content (AvgIpc) is 3.61. The highest BCUT2D eigenvalue weighted by Gasteiger charge is 2.41. The van der Waals surface area contributed by atoms with E-state index in [1.807, 2.05) is 10.9 Å². The Kier molecular flexibility index (Phi) is 24.5. The van der Waals surface area contributed by atoms with E-state index in [0.717, 1.165) is 71.4 Å². The lowest BCUT2D eigenvalue weighted by atomic mass is 9.77. The quantitative estimate of drug-likeness (QED) is 0.0467. The van der Waals surface area contributed by atoms with Gasteiger partial charge in [-0.15, -0.1) is 11.5 Å². The normalized spacial score (nSPS) is 18.7. The van der Waals surface area contributed by atoms with Crippen molar-refractivity contribution in [2.75, 3.05) is 158 Å². The fourth-order valence-corrected chi connectivity index (χ4v) is 6.17. The van der Waals surface area contributed by atoms with Crippen molar-refractivity contribution in [2.45, 2.75) is 38.8 Å². The Morgan fingerprint density at radius 3 is 1.63 bits per heavy atom. The topological polar surface area (TPSA) is 212 Å². The average molecular weight is 767 g/mol. The summed E-state index contributed by atoms with van der Waals surface area (Å²) in [6, 6.07) is 0. The first-order valence-corrected chi connectivity index (χ1v) is 19.4. The molecule has 0 aliphatic carbocycles. The molecule has 5 heterocycles. The van der Waals surface area contributed by atoms with E-state index < -0.39 is 0 Å². The van der Waals surface area contributed by atoms with E-state index in [9.17, 15) is 0 Å². The number of azide groups is 1. The second kappa shape index (κ2) is 28.9. The molecule has 0 atom stereocenters. The van der Waals surface area contributed by atoms with Crippen molar-refractivity contribution in [3.05, 3.63) is 22.3 Å². The highest BCUT2D eigenvalue weighted by Crippen LogP contribution is 2.39. The Balaban J connectivity index is 0.000000244. The summed E-state index contributed by atoms with van der Waals surface area (Å²) in [5.74, 6) is 2.70. The molecule has 18 nitrogen and oxygen atoms in total. The Hall–Kier alpha value is -2.47. The van der Waals surface area contributed by atoms with E-state index >= 15 is 0 Å². The monoisotopic (exact) mass is 767 g/mol. The van der Waals surface area contributed by atoms with Crippen LogP contribution in [-0.4, -0.2) is 183 Å². The van der Waals surface area contributed by atoms with Crippen LogP contribution < -0.4 is 11.5 Å². The zero-order chi connectivity index (χ0) is 38.4. The van der Waals surface area contributed by atoms with Crippen LogP contribution in [0.2, 0.25) is 0 Å². The molecule has 0 amide bonds. The number of nitrogens with zero attached hydrogens (tertiary/aromatic N) is 8. The van der Waals surface area contributed by atoms with Gasteiger partial charge >= 0.3 is 0 Å². The Labute approximate surface area is 321 Å². The Bertz CT molecular complexity index is 1160. The van der Waals surface area contributed by atoms with E-state index in [4.69, 9.17) is 61.3 Å². The second-order valence-corrected chi connectivity index (χ2v) is 13.9. The van der Waals surface area contributed by atoms with Crippen LogP contribution in [0.25, 0.3) is 10.4 Å². The van der Waals surface area contributed by atoms with Crippen LogP contribution in [0.3, 0.4) is 0 Å². The first kappa shape index (κ1) is 45.9. The van der Waals surface area contributed by atoms with Gasteiger partial charge in [0.25, 0.3) is 0 Å². The maximum Gasteiger partial charge on any atom is 0.0967 e. The van der Waals surface area contributed by atoms with E-state index in [1.54, 1.807) is 0 Å². The van der Waals surface area contributed by atoms with Gasteiger partial charge in [-0.05, 0) is 57.4 Å². The van der Waals surface area contributed by atoms with Gasteiger partial charge in [-0.1, -0.05) is 16.2 Å².